The molecule has 0 aromatic rings. The van der Waals surface area contributed by atoms with E-state index in [1.807, 2.05) is 0 Å². The van der Waals surface area contributed by atoms with Gasteiger partial charge in [0, 0.05) is 18.8 Å². The van der Waals surface area contributed by atoms with Crippen molar-refractivity contribution in [3.05, 3.63) is 12.3 Å². The van der Waals surface area contributed by atoms with E-state index in [1.165, 1.54) is 25.0 Å². The van der Waals surface area contributed by atoms with Gasteiger partial charge >= 0.3 is 0 Å². The maximum atomic E-state index is 4.15. The Morgan fingerprint density at radius 1 is 1.31 bits per heavy atom. The van der Waals surface area contributed by atoms with E-state index in [0.29, 0.717) is 12.0 Å². The molecular weight excluding hydrogens is 158 g/mol. The molecule has 0 aliphatic heterocycles. The Labute approximate surface area is 83.8 Å². The van der Waals surface area contributed by atoms with E-state index in [9.17, 15) is 0 Å². The zero-order chi connectivity index (χ0) is 10.4. The Kier molecular flexibility index (Phi) is 5.85. The second-order valence-electron chi connectivity index (χ2n) is 4.24. The lowest BCUT2D eigenvalue weighted by Crippen LogP contribution is -2.28. The van der Waals surface area contributed by atoms with E-state index in [4.69, 9.17) is 0 Å². The molecule has 0 radical (unpaired) electrons. The van der Waals surface area contributed by atoms with Crippen LogP contribution in [0.3, 0.4) is 0 Å². The van der Waals surface area contributed by atoms with E-state index in [-0.39, 0.29) is 0 Å². The fourth-order valence-corrected chi connectivity index (χ4v) is 1.36. The van der Waals surface area contributed by atoms with Crippen molar-refractivity contribution in [1.29, 1.82) is 0 Å². The highest BCUT2D eigenvalue weighted by atomic mass is 15.1. The Bertz CT molecular complexity index is 149. The van der Waals surface area contributed by atoms with Crippen LogP contribution in [0.2, 0.25) is 0 Å². The van der Waals surface area contributed by atoms with Gasteiger partial charge in [-0.25, -0.2) is 0 Å². The highest BCUT2D eigenvalue weighted by Crippen LogP contribution is 2.19. The topological polar surface area (TPSA) is 3.24 Å². The Hall–Kier alpha value is -0.460. The number of hydrogen-bond acceptors (Lipinski definition) is 1. The van der Waals surface area contributed by atoms with Gasteiger partial charge in [0.15, 0.2) is 0 Å². The largest absolute Gasteiger partial charge is 0.376 e. The monoisotopic (exact) mass is 183 g/mol. The summed E-state index contributed by atoms with van der Waals surface area (Å²) in [6, 6.07) is 0.566. The quantitative estimate of drug-likeness (QED) is 0.607. The number of unbranched alkanes of at least 4 members (excludes halogenated alkanes) is 1. The second kappa shape index (κ2) is 6.06. The number of allylic oxidation sites excluding steroid dienone is 1. The summed E-state index contributed by atoms with van der Waals surface area (Å²) in [5, 5.41) is 0. The van der Waals surface area contributed by atoms with Crippen molar-refractivity contribution in [1.82, 2.24) is 4.90 Å². The van der Waals surface area contributed by atoms with E-state index in [0.717, 1.165) is 0 Å². The fourth-order valence-electron chi connectivity index (χ4n) is 1.36. The third kappa shape index (κ3) is 4.35. The van der Waals surface area contributed by atoms with Gasteiger partial charge in [-0.3, -0.25) is 0 Å². The highest BCUT2D eigenvalue weighted by molar-refractivity contribution is 4.98. The molecule has 0 aliphatic rings. The predicted octanol–water partition coefficient (Wildman–Crippen LogP) is 3.67. The van der Waals surface area contributed by atoms with Gasteiger partial charge in [-0.1, -0.05) is 33.3 Å². The van der Waals surface area contributed by atoms with Gasteiger partial charge in [-0.2, -0.15) is 0 Å². The van der Waals surface area contributed by atoms with Gasteiger partial charge in [0.1, 0.15) is 0 Å². The van der Waals surface area contributed by atoms with Gasteiger partial charge in [-0.15, -0.1) is 0 Å². The van der Waals surface area contributed by atoms with Crippen LogP contribution in [0.1, 0.15) is 47.0 Å². The van der Waals surface area contributed by atoms with Crippen molar-refractivity contribution in [2.45, 2.75) is 53.0 Å². The summed E-state index contributed by atoms with van der Waals surface area (Å²) in [4.78, 5) is 2.28. The Morgan fingerprint density at radius 3 is 2.23 bits per heavy atom. The molecule has 0 amide bonds. The molecule has 0 aliphatic carbocycles. The molecule has 1 heteroatoms. The molecule has 0 N–H and O–H groups in total. The van der Waals surface area contributed by atoms with Crippen molar-refractivity contribution in [2.75, 3.05) is 7.05 Å². The average Bonchev–Trinajstić information content (AvgIpc) is 2.11. The maximum Gasteiger partial charge on any atom is 0.0227 e. The van der Waals surface area contributed by atoms with Crippen LogP contribution in [-0.4, -0.2) is 18.0 Å². The zero-order valence-corrected chi connectivity index (χ0v) is 9.93. The van der Waals surface area contributed by atoms with Crippen LogP contribution >= 0.6 is 0 Å². The molecule has 0 saturated heterocycles. The molecule has 13 heavy (non-hydrogen) atoms. The molecule has 78 valence electrons. The zero-order valence-electron chi connectivity index (χ0n) is 9.93. The Balaban J connectivity index is 3.94. The lowest BCUT2D eigenvalue weighted by molar-refractivity contribution is 0.301. The fraction of sp³-hybridized carbons (Fsp3) is 0.833. The molecular formula is C12H25N. The van der Waals surface area contributed by atoms with Gasteiger partial charge in [0.05, 0.1) is 0 Å². The molecule has 1 nitrogen and oxygen atoms in total. The summed E-state index contributed by atoms with van der Waals surface area (Å²) in [7, 11) is 2.13. The van der Waals surface area contributed by atoms with Crippen LogP contribution in [0.5, 0.6) is 0 Å². The van der Waals surface area contributed by atoms with Gasteiger partial charge < -0.3 is 4.90 Å². The molecule has 0 saturated carbocycles. The van der Waals surface area contributed by atoms with Crippen LogP contribution in [0.25, 0.3) is 0 Å². The lowest BCUT2D eigenvalue weighted by Gasteiger charge is -2.29. The van der Waals surface area contributed by atoms with Crippen molar-refractivity contribution in [3.63, 3.8) is 0 Å². The first-order valence-electron chi connectivity index (χ1n) is 5.42. The molecule has 0 bridgehead atoms. The minimum atomic E-state index is 0.566. The van der Waals surface area contributed by atoms with Crippen LogP contribution in [0.4, 0.5) is 0 Å². The maximum absolute atomic E-state index is 4.15. The van der Waals surface area contributed by atoms with Crippen LogP contribution in [-0.2, 0) is 0 Å². The first-order valence-corrected chi connectivity index (χ1v) is 5.42. The summed E-state index contributed by atoms with van der Waals surface area (Å²) in [5.41, 5.74) is 1.28. The smallest absolute Gasteiger partial charge is 0.0227 e. The average molecular weight is 183 g/mol. The molecule has 1 atom stereocenters. The normalized spacial score (nSPS) is 13.1. The van der Waals surface area contributed by atoms with Gasteiger partial charge in [0.2, 0.25) is 0 Å². The summed E-state index contributed by atoms with van der Waals surface area (Å²) < 4.78 is 0. The minimum Gasteiger partial charge on any atom is -0.376 e. The van der Waals surface area contributed by atoms with Gasteiger partial charge in [0.25, 0.3) is 0 Å². The van der Waals surface area contributed by atoms with Crippen molar-refractivity contribution in [3.8, 4) is 0 Å². The molecule has 0 rings (SSSR count). The molecule has 0 heterocycles. The number of hydrogen-bond donors (Lipinski definition) is 0. The number of nitrogens with zero attached hydrogens (tertiary/aromatic N) is 1. The Morgan fingerprint density at radius 2 is 1.85 bits per heavy atom. The van der Waals surface area contributed by atoms with Crippen LogP contribution < -0.4 is 0 Å². The second-order valence-corrected chi connectivity index (χ2v) is 4.24. The first-order chi connectivity index (χ1) is 6.00. The third-order valence-electron chi connectivity index (χ3n) is 2.79. The van der Waals surface area contributed by atoms with E-state index < -0.39 is 0 Å². The van der Waals surface area contributed by atoms with Crippen LogP contribution in [0.15, 0.2) is 12.3 Å². The van der Waals surface area contributed by atoms with Crippen molar-refractivity contribution in [2.24, 2.45) is 5.92 Å². The number of rotatable bonds is 6. The highest BCUT2D eigenvalue weighted by Gasteiger charge is 2.12. The SMILES string of the molecule is C=C(C(C)CCCC)N(C)C(C)C. The van der Waals surface area contributed by atoms with Crippen molar-refractivity contribution < 1.29 is 0 Å². The molecule has 0 spiro atoms. The molecule has 1 unspecified atom stereocenters. The summed E-state index contributed by atoms with van der Waals surface area (Å²) in [5.74, 6) is 0.632. The lowest BCUT2D eigenvalue weighted by atomic mass is 10.00. The van der Waals surface area contributed by atoms with E-state index in [2.05, 4.69) is 46.2 Å². The molecule has 0 aromatic carbocycles. The summed E-state index contributed by atoms with van der Waals surface area (Å²) in [6.45, 7) is 13.1. The minimum absolute atomic E-state index is 0.566. The van der Waals surface area contributed by atoms with Crippen molar-refractivity contribution >= 4 is 0 Å². The predicted molar refractivity (Wildman–Crippen MR) is 60.7 cm³/mol. The summed E-state index contributed by atoms with van der Waals surface area (Å²) >= 11 is 0. The van der Waals surface area contributed by atoms with Crippen LogP contribution in [0, 0.1) is 5.92 Å². The first kappa shape index (κ1) is 12.5. The molecule has 0 fully saturated rings. The van der Waals surface area contributed by atoms with Gasteiger partial charge in [-0.05, 0) is 26.2 Å². The summed E-state index contributed by atoms with van der Waals surface area (Å²) in [6.07, 6.45) is 3.86. The third-order valence-corrected chi connectivity index (χ3v) is 2.79. The molecule has 0 aromatic heterocycles. The standard InChI is InChI=1S/C12H25N/c1-7-8-9-11(4)12(5)13(6)10(2)3/h10-11H,5,7-9H2,1-4,6H3. The van der Waals surface area contributed by atoms with E-state index >= 15 is 0 Å². The van der Waals surface area contributed by atoms with E-state index in [1.54, 1.807) is 0 Å².